The van der Waals surface area contributed by atoms with Crippen LogP contribution in [0.4, 0.5) is 8.78 Å². The highest BCUT2D eigenvalue weighted by Crippen LogP contribution is 2.34. The average Bonchev–Trinajstić information content (AvgIpc) is 2.35. The van der Waals surface area contributed by atoms with E-state index in [1.165, 1.54) is 0 Å². The van der Waals surface area contributed by atoms with E-state index in [1.807, 2.05) is 0 Å². The summed E-state index contributed by atoms with van der Waals surface area (Å²) in [4.78, 5) is 11.4. The van der Waals surface area contributed by atoms with Gasteiger partial charge in [0.1, 0.15) is 17.4 Å². The Bertz CT molecular complexity index is 480. The molecule has 0 saturated heterocycles. The van der Waals surface area contributed by atoms with Crippen LogP contribution in [0.25, 0.3) is 0 Å². The summed E-state index contributed by atoms with van der Waals surface area (Å²) >= 11 is 0. The molecule has 0 spiro atoms. The van der Waals surface area contributed by atoms with Gasteiger partial charge in [0.15, 0.2) is 0 Å². The first-order valence-electron chi connectivity index (χ1n) is 4.54. The highest BCUT2D eigenvalue weighted by molar-refractivity contribution is 5.95. The summed E-state index contributed by atoms with van der Waals surface area (Å²) < 4.78 is 34.6. The highest BCUT2D eigenvalue weighted by Gasteiger charge is 2.25. The first-order chi connectivity index (χ1) is 8.06. The van der Waals surface area contributed by atoms with Crippen molar-refractivity contribution >= 4 is 5.97 Å². The number of hydrogen-bond acceptors (Lipinski definition) is 4. The Labute approximate surface area is 96.4 Å². The van der Waals surface area contributed by atoms with Gasteiger partial charge in [-0.1, -0.05) is 0 Å². The van der Waals surface area contributed by atoms with Gasteiger partial charge >= 0.3 is 5.97 Å². The number of esters is 1. The largest absolute Gasteiger partial charge is 0.495 e. The van der Waals surface area contributed by atoms with Crippen LogP contribution in [-0.2, 0) is 4.74 Å². The summed E-state index contributed by atoms with van der Waals surface area (Å²) in [5.41, 5.74) is -0.805. The molecule has 90 valence electrons. The predicted molar refractivity (Wildman–Crippen MR) is 54.0 cm³/mol. The third-order valence-electron chi connectivity index (χ3n) is 2.14. The van der Waals surface area contributed by atoms with Crippen LogP contribution in [0.2, 0.25) is 0 Å². The lowest BCUT2D eigenvalue weighted by atomic mass is 10.0. The molecule has 0 atom stereocenters. The molecule has 0 radical (unpaired) electrons. The van der Waals surface area contributed by atoms with Gasteiger partial charge in [0.05, 0.1) is 25.3 Å². The van der Waals surface area contributed by atoms with Gasteiger partial charge in [-0.05, 0) is 12.1 Å². The molecule has 0 fully saturated rings. The molecule has 4 nitrogen and oxygen atoms in total. The van der Waals surface area contributed by atoms with Crippen molar-refractivity contribution in [2.75, 3.05) is 14.2 Å². The maximum absolute atomic E-state index is 12.7. The summed E-state index contributed by atoms with van der Waals surface area (Å²) in [6.45, 7) is 0. The number of alkyl halides is 2. The Hall–Kier alpha value is -2.16. The van der Waals surface area contributed by atoms with Crippen molar-refractivity contribution < 1.29 is 23.0 Å². The number of hydrogen-bond donors (Lipinski definition) is 0. The molecule has 17 heavy (non-hydrogen) atoms. The smallest absolute Gasteiger partial charge is 0.343 e. The van der Waals surface area contributed by atoms with Crippen molar-refractivity contribution in [1.82, 2.24) is 0 Å². The van der Waals surface area contributed by atoms with Crippen molar-refractivity contribution in [2.24, 2.45) is 0 Å². The van der Waals surface area contributed by atoms with Crippen LogP contribution in [0.3, 0.4) is 0 Å². The zero-order chi connectivity index (χ0) is 13.0. The van der Waals surface area contributed by atoms with Crippen LogP contribution in [0.15, 0.2) is 12.1 Å². The number of nitriles is 1. The molecule has 0 aromatic heterocycles. The predicted octanol–water partition coefficient (Wildman–Crippen LogP) is 2.29. The van der Waals surface area contributed by atoms with Gasteiger partial charge in [0.25, 0.3) is 6.43 Å². The van der Waals surface area contributed by atoms with E-state index in [4.69, 9.17) is 10.00 Å². The maximum atomic E-state index is 12.7. The van der Waals surface area contributed by atoms with E-state index in [1.54, 1.807) is 6.07 Å². The van der Waals surface area contributed by atoms with E-state index in [0.29, 0.717) is 0 Å². The number of carbonyl (C=O) groups is 1. The van der Waals surface area contributed by atoms with E-state index in [2.05, 4.69) is 4.74 Å². The fourth-order valence-corrected chi connectivity index (χ4v) is 1.39. The normalized spacial score (nSPS) is 9.88. The molecule has 6 heteroatoms. The number of halogens is 2. The fourth-order valence-electron chi connectivity index (χ4n) is 1.39. The Morgan fingerprint density at radius 2 is 2.06 bits per heavy atom. The lowest BCUT2D eigenvalue weighted by Crippen LogP contribution is -2.09. The van der Waals surface area contributed by atoms with E-state index in [9.17, 15) is 13.6 Å². The minimum Gasteiger partial charge on any atom is -0.495 e. The summed E-state index contributed by atoms with van der Waals surface area (Å²) in [5.74, 6) is -1.22. The molecule has 0 saturated carbocycles. The molecular formula is C11H9F2NO3. The van der Waals surface area contributed by atoms with Gasteiger partial charge in [0, 0.05) is 0 Å². The molecule has 0 aliphatic carbocycles. The highest BCUT2D eigenvalue weighted by atomic mass is 19.3. The second-order valence-corrected chi connectivity index (χ2v) is 3.01. The number of nitrogens with zero attached hydrogens (tertiary/aromatic N) is 1. The van der Waals surface area contributed by atoms with E-state index in [-0.39, 0.29) is 16.9 Å². The molecule has 0 N–H and O–H groups in total. The fraction of sp³-hybridized carbons (Fsp3) is 0.273. The van der Waals surface area contributed by atoms with Gasteiger partial charge in [-0.15, -0.1) is 0 Å². The number of ether oxygens (including phenoxy) is 2. The van der Waals surface area contributed by atoms with Gasteiger partial charge in [0.2, 0.25) is 0 Å². The van der Waals surface area contributed by atoms with Gasteiger partial charge < -0.3 is 9.47 Å². The Kier molecular flexibility index (Phi) is 3.99. The molecule has 1 aromatic carbocycles. The number of rotatable bonds is 3. The van der Waals surface area contributed by atoms with Crippen molar-refractivity contribution in [3.05, 3.63) is 28.8 Å². The lowest BCUT2D eigenvalue weighted by molar-refractivity contribution is 0.0595. The van der Waals surface area contributed by atoms with Crippen molar-refractivity contribution in [2.45, 2.75) is 6.43 Å². The summed E-state index contributed by atoms with van der Waals surface area (Å²) in [6, 6.07) is 3.91. The SMILES string of the molecule is COC(=O)c1c(C#N)ccc(C(F)F)c1OC. The molecule has 0 heterocycles. The molecule has 0 amide bonds. The summed E-state index contributed by atoms with van der Waals surface area (Å²) in [6.07, 6.45) is -2.80. The van der Waals surface area contributed by atoms with Crippen LogP contribution in [0.5, 0.6) is 5.75 Å². The molecule has 1 rings (SSSR count). The van der Waals surface area contributed by atoms with Crippen molar-refractivity contribution in [1.29, 1.82) is 5.26 Å². The summed E-state index contributed by atoms with van der Waals surface area (Å²) in [7, 11) is 2.24. The molecule has 0 unspecified atom stereocenters. The molecule has 0 bridgehead atoms. The molecule has 0 aliphatic heterocycles. The second kappa shape index (κ2) is 5.25. The van der Waals surface area contributed by atoms with Crippen LogP contribution < -0.4 is 4.74 Å². The first-order valence-corrected chi connectivity index (χ1v) is 4.54. The Morgan fingerprint density at radius 1 is 1.41 bits per heavy atom. The minimum atomic E-state index is -2.80. The summed E-state index contributed by atoms with van der Waals surface area (Å²) in [5, 5.41) is 8.81. The number of carbonyl (C=O) groups excluding carboxylic acids is 1. The lowest BCUT2D eigenvalue weighted by Gasteiger charge is -2.12. The third kappa shape index (κ3) is 2.33. The Morgan fingerprint density at radius 3 is 2.47 bits per heavy atom. The van der Waals surface area contributed by atoms with Crippen LogP contribution >= 0.6 is 0 Å². The maximum Gasteiger partial charge on any atom is 0.343 e. The topological polar surface area (TPSA) is 59.3 Å². The molecule has 1 aromatic rings. The van der Waals surface area contributed by atoms with Gasteiger partial charge in [-0.3, -0.25) is 0 Å². The Balaban J connectivity index is 3.56. The average molecular weight is 241 g/mol. The molecular weight excluding hydrogens is 232 g/mol. The van der Waals surface area contributed by atoms with Crippen LogP contribution in [0, 0.1) is 11.3 Å². The van der Waals surface area contributed by atoms with Crippen LogP contribution in [-0.4, -0.2) is 20.2 Å². The van der Waals surface area contributed by atoms with Crippen molar-refractivity contribution in [3.63, 3.8) is 0 Å². The van der Waals surface area contributed by atoms with Gasteiger partial charge in [-0.2, -0.15) is 5.26 Å². The minimum absolute atomic E-state index is 0.0712. The number of methoxy groups -OCH3 is 2. The monoisotopic (exact) mass is 241 g/mol. The van der Waals surface area contributed by atoms with Crippen LogP contribution in [0.1, 0.15) is 27.9 Å². The zero-order valence-corrected chi connectivity index (χ0v) is 9.16. The van der Waals surface area contributed by atoms with Gasteiger partial charge in [-0.25, -0.2) is 13.6 Å². The van der Waals surface area contributed by atoms with E-state index in [0.717, 1.165) is 26.4 Å². The second-order valence-electron chi connectivity index (χ2n) is 3.01. The third-order valence-corrected chi connectivity index (χ3v) is 2.14. The quantitative estimate of drug-likeness (QED) is 0.762. The number of benzene rings is 1. The standard InChI is InChI=1S/C11H9F2NO3/c1-16-9-7(10(12)13)4-3-6(5-14)8(9)11(15)17-2/h3-4,10H,1-2H3. The van der Waals surface area contributed by atoms with E-state index < -0.39 is 18.0 Å². The molecule has 0 aliphatic rings. The zero-order valence-electron chi connectivity index (χ0n) is 9.16. The van der Waals surface area contributed by atoms with Crippen molar-refractivity contribution in [3.8, 4) is 11.8 Å². The van der Waals surface area contributed by atoms with E-state index >= 15 is 0 Å². The first kappa shape index (κ1) is 12.9.